The van der Waals surface area contributed by atoms with Crippen LogP contribution in [0.3, 0.4) is 0 Å². The maximum atomic E-state index is 12.6. The quantitative estimate of drug-likeness (QED) is 0.894. The highest BCUT2D eigenvalue weighted by atomic mass is 32.2. The maximum absolute atomic E-state index is 12.6. The van der Waals surface area contributed by atoms with Gasteiger partial charge in [0.1, 0.15) is 5.75 Å². The molecule has 0 aromatic heterocycles. The molecule has 1 aliphatic heterocycles. The molecule has 1 aromatic rings. The fraction of sp³-hybridized carbons (Fsp3) is 0.571. The van der Waals surface area contributed by atoms with Gasteiger partial charge in [-0.25, -0.2) is 8.42 Å². The molecule has 0 aliphatic carbocycles. The largest absolute Gasteiger partial charge is 0.494 e. The van der Waals surface area contributed by atoms with E-state index in [9.17, 15) is 13.5 Å². The Hall–Kier alpha value is -1.11. The number of hydrogen-bond acceptors (Lipinski definition) is 4. The van der Waals surface area contributed by atoms with Gasteiger partial charge in [-0.2, -0.15) is 4.31 Å². The summed E-state index contributed by atoms with van der Waals surface area (Å²) in [4.78, 5) is 0.244. The molecular weight excluding hydrogens is 278 g/mol. The van der Waals surface area contributed by atoms with Gasteiger partial charge in [0.25, 0.3) is 0 Å². The summed E-state index contributed by atoms with van der Waals surface area (Å²) in [5, 5.41) is 9.35. The van der Waals surface area contributed by atoms with Crippen molar-refractivity contribution in [2.45, 2.75) is 31.2 Å². The van der Waals surface area contributed by atoms with Gasteiger partial charge in [0, 0.05) is 12.6 Å². The first-order valence-electron chi connectivity index (χ1n) is 6.84. The summed E-state index contributed by atoms with van der Waals surface area (Å²) in [6.45, 7) is 4.74. The number of benzene rings is 1. The van der Waals surface area contributed by atoms with Crippen LogP contribution < -0.4 is 4.74 Å². The number of ether oxygens (including phenoxy) is 1. The highest BCUT2D eigenvalue weighted by Crippen LogP contribution is 2.29. The van der Waals surface area contributed by atoms with Crippen LogP contribution in [0.4, 0.5) is 0 Å². The third kappa shape index (κ3) is 2.97. The Bertz CT molecular complexity index is 541. The number of hydrogen-bond donors (Lipinski definition) is 1. The van der Waals surface area contributed by atoms with Gasteiger partial charge in [-0.05, 0) is 43.5 Å². The summed E-state index contributed by atoms with van der Waals surface area (Å²) in [5.41, 5.74) is 0. The molecule has 1 aromatic carbocycles. The Morgan fingerprint density at radius 2 is 2.00 bits per heavy atom. The lowest BCUT2D eigenvalue weighted by molar-refractivity contribution is 0.213. The fourth-order valence-corrected chi connectivity index (χ4v) is 4.33. The predicted octanol–water partition coefficient (Wildman–Crippen LogP) is 1.48. The zero-order chi connectivity index (χ0) is 14.8. The topological polar surface area (TPSA) is 66.8 Å². The van der Waals surface area contributed by atoms with Crippen LogP contribution in [-0.4, -0.2) is 43.6 Å². The third-order valence-corrected chi connectivity index (χ3v) is 5.46. The number of sulfonamides is 1. The molecule has 0 amide bonds. The zero-order valence-corrected chi connectivity index (χ0v) is 12.6. The average molecular weight is 299 g/mol. The average Bonchev–Trinajstić information content (AvgIpc) is 2.82. The SMILES string of the molecule is CCOc1ccc(S(=O)(=O)N2C[C@@H](C)C[C@@H]2CO)cc1. The van der Waals surface area contributed by atoms with Gasteiger partial charge in [-0.15, -0.1) is 0 Å². The van der Waals surface area contributed by atoms with E-state index in [4.69, 9.17) is 4.74 Å². The first-order valence-corrected chi connectivity index (χ1v) is 8.28. The second-order valence-corrected chi connectivity index (χ2v) is 7.05. The van der Waals surface area contributed by atoms with Crippen LogP contribution in [0.15, 0.2) is 29.2 Å². The molecule has 1 saturated heterocycles. The fourth-order valence-electron chi connectivity index (χ4n) is 2.58. The van der Waals surface area contributed by atoms with E-state index in [2.05, 4.69) is 0 Å². The van der Waals surface area contributed by atoms with E-state index in [1.165, 1.54) is 4.31 Å². The van der Waals surface area contributed by atoms with Crippen LogP contribution in [0.1, 0.15) is 20.3 Å². The van der Waals surface area contributed by atoms with E-state index in [1.807, 2.05) is 13.8 Å². The summed E-state index contributed by atoms with van der Waals surface area (Å²) < 4.78 is 31.9. The number of rotatable bonds is 5. The molecule has 0 saturated carbocycles. The Balaban J connectivity index is 2.25. The van der Waals surface area contributed by atoms with Crippen molar-refractivity contribution in [2.75, 3.05) is 19.8 Å². The van der Waals surface area contributed by atoms with Crippen molar-refractivity contribution < 1.29 is 18.3 Å². The van der Waals surface area contributed by atoms with Crippen molar-refractivity contribution in [3.05, 3.63) is 24.3 Å². The number of nitrogens with zero attached hydrogens (tertiary/aromatic N) is 1. The van der Waals surface area contributed by atoms with Gasteiger partial charge in [0.2, 0.25) is 10.0 Å². The molecule has 1 aliphatic rings. The van der Waals surface area contributed by atoms with Crippen LogP contribution in [0.2, 0.25) is 0 Å². The van der Waals surface area contributed by atoms with Crippen molar-refractivity contribution in [1.82, 2.24) is 4.31 Å². The lowest BCUT2D eigenvalue weighted by Crippen LogP contribution is -2.37. The minimum Gasteiger partial charge on any atom is -0.494 e. The molecule has 6 heteroatoms. The summed E-state index contributed by atoms with van der Waals surface area (Å²) in [7, 11) is -3.55. The molecule has 0 unspecified atom stereocenters. The summed E-state index contributed by atoms with van der Waals surface area (Å²) >= 11 is 0. The Morgan fingerprint density at radius 1 is 1.35 bits per heavy atom. The van der Waals surface area contributed by atoms with E-state index in [1.54, 1.807) is 24.3 Å². The number of aliphatic hydroxyl groups is 1. The van der Waals surface area contributed by atoms with Crippen LogP contribution in [0.25, 0.3) is 0 Å². The highest BCUT2D eigenvalue weighted by molar-refractivity contribution is 7.89. The van der Waals surface area contributed by atoms with Crippen molar-refractivity contribution >= 4 is 10.0 Å². The minimum atomic E-state index is -3.55. The second kappa shape index (κ2) is 6.11. The summed E-state index contributed by atoms with van der Waals surface area (Å²) in [5.74, 6) is 0.921. The smallest absolute Gasteiger partial charge is 0.243 e. The van der Waals surface area contributed by atoms with E-state index in [0.717, 1.165) is 0 Å². The zero-order valence-electron chi connectivity index (χ0n) is 11.8. The molecule has 2 atom stereocenters. The van der Waals surface area contributed by atoms with Gasteiger partial charge in [0.05, 0.1) is 18.1 Å². The predicted molar refractivity (Wildman–Crippen MR) is 76.2 cm³/mol. The molecule has 112 valence electrons. The van der Waals surface area contributed by atoms with Crippen molar-refractivity contribution in [3.63, 3.8) is 0 Å². The van der Waals surface area contributed by atoms with E-state index >= 15 is 0 Å². The molecule has 1 heterocycles. The Morgan fingerprint density at radius 3 is 2.55 bits per heavy atom. The van der Waals surface area contributed by atoms with Gasteiger partial charge in [-0.3, -0.25) is 0 Å². The van der Waals surface area contributed by atoms with E-state index in [0.29, 0.717) is 25.3 Å². The molecule has 20 heavy (non-hydrogen) atoms. The molecule has 0 radical (unpaired) electrons. The maximum Gasteiger partial charge on any atom is 0.243 e. The lowest BCUT2D eigenvalue weighted by Gasteiger charge is -2.22. The van der Waals surface area contributed by atoms with Crippen molar-refractivity contribution in [2.24, 2.45) is 5.92 Å². The van der Waals surface area contributed by atoms with Gasteiger partial charge in [0.15, 0.2) is 0 Å². The monoisotopic (exact) mass is 299 g/mol. The van der Waals surface area contributed by atoms with Crippen molar-refractivity contribution in [1.29, 1.82) is 0 Å². The minimum absolute atomic E-state index is 0.138. The molecule has 2 rings (SSSR count). The van der Waals surface area contributed by atoms with Gasteiger partial charge < -0.3 is 9.84 Å². The van der Waals surface area contributed by atoms with Crippen LogP contribution >= 0.6 is 0 Å². The van der Waals surface area contributed by atoms with E-state index in [-0.39, 0.29) is 23.5 Å². The Labute approximate surface area is 120 Å². The molecule has 1 N–H and O–H groups in total. The van der Waals surface area contributed by atoms with Gasteiger partial charge >= 0.3 is 0 Å². The summed E-state index contributed by atoms with van der Waals surface area (Å²) in [6.07, 6.45) is 0.701. The first-order chi connectivity index (χ1) is 9.48. The summed E-state index contributed by atoms with van der Waals surface area (Å²) in [6, 6.07) is 6.10. The van der Waals surface area contributed by atoms with Gasteiger partial charge in [-0.1, -0.05) is 6.92 Å². The van der Waals surface area contributed by atoms with Crippen molar-refractivity contribution in [3.8, 4) is 5.75 Å². The molecule has 1 fully saturated rings. The van der Waals surface area contributed by atoms with E-state index < -0.39 is 10.0 Å². The van der Waals surface area contributed by atoms with Crippen LogP contribution in [-0.2, 0) is 10.0 Å². The normalized spacial score (nSPS) is 23.9. The third-order valence-electron chi connectivity index (χ3n) is 3.53. The lowest BCUT2D eigenvalue weighted by atomic mass is 10.1. The van der Waals surface area contributed by atoms with Crippen LogP contribution in [0.5, 0.6) is 5.75 Å². The molecule has 0 bridgehead atoms. The Kier molecular flexibility index (Phi) is 4.67. The molecule has 5 nitrogen and oxygen atoms in total. The second-order valence-electron chi connectivity index (χ2n) is 5.16. The van der Waals surface area contributed by atoms with Crippen LogP contribution in [0, 0.1) is 5.92 Å². The first kappa shape index (κ1) is 15.3. The molecular formula is C14H21NO4S. The standard InChI is InChI=1S/C14H21NO4S/c1-3-19-13-4-6-14(7-5-13)20(17,18)15-9-11(2)8-12(15)10-16/h4-7,11-12,16H,3,8-10H2,1-2H3/t11-,12+/m0/s1. The highest BCUT2D eigenvalue weighted by Gasteiger charge is 2.38. The molecule has 0 spiro atoms. The number of aliphatic hydroxyl groups excluding tert-OH is 1.